The lowest BCUT2D eigenvalue weighted by atomic mass is 10.3. The molecule has 0 aromatic carbocycles. The summed E-state index contributed by atoms with van der Waals surface area (Å²) in [4.78, 5) is 11.6. The Labute approximate surface area is 98.4 Å². The van der Waals surface area contributed by atoms with Crippen LogP contribution in [0.4, 0.5) is 10.5 Å². The van der Waals surface area contributed by atoms with Gasteiger partial charge in [0.15, 0.2) is 0 Å². The maximum Gasteiger partial charge on any atom is 0.319 e. The number of anilines is 1. The van der Waals surface area contributed by atoms with Crippen molar-refractivity contribution in [2.45, 2.75) is 20.4 Å². The van der Waals surface area contributed by atoms with Gasteiger partial charge in [0.25, 0.3) is 0 Å². The number of hydrogen-bond acceptors (Lipinski definition) is 3. The quantitative estimate of drug-likeness (QED) is 0.758. The van der Waals surface area contributed by atoms with Gasteiger partial charge in [-0.15, -0.1) is 0 Å². The van der Waals surface area contributed by atoms with Crippen LogP contribution in [0.15, 0.2) is 22.8 Å². The number of urea groups is 1. The van der Waals surface area contributed by atoms with Crippen molar-refractivity contribution in [3.05, 3.63) is 35.5 Å². The summed E-state index contributed by atoms with van der Waals surface area (Å²) < 4.78 is 5.11. The summed E-state index contributed by atoms with van der Waals surface area (Å²) in [5.74, 6) is 0.709. The third-order valence-electron chi connectivity index (χ3n) is 2.37. The highest BCUT2D eigenvalue weighted by atomic mass is 16.3. The van der Waals surface area contributed by atoms with Crippen molar-refractivity contribution < 1.29 is 9.21 Å². The summed E-state index contributed by atoms with van der Waals surface area (Å²) in [5, 5.41) is 12.2. The summed E-state index contributed by atoms with van der Waals surface area (Å²) in [5.41, 5.74) is 2.30. The molecule has 2 rings (SSSR count). The molecule has 0 aliphatic rings. The van der Waals surface area contributed by atoms with Gasteiger partial charge in [0.05, 0.1) is 29.9 Å². The van der Waals surface area contributed by atoms with Crippen molar-refractivity contribution in [3.63, 3.8) is 0 Å². The van der Waals surface area contributed by atoms with Crippen LogP contribution in [0.3, 0.4) is 0 Å². The van der Waals surface area contributed by atoms with Gasteiger partial charge in [-0.25, -0.2) is 4.79 Å². The van der Waals surface area contributed by atoms with Crippen molar-refractivity contribution in [2.24, 2.45) is 0 Å². The molecular formula is C11H14N4O2. The second-order valence-corrected chi connectivity index (χ2v) is 3.70. The molecule has 0 aliphatic carbocycles. The van der Waals surface area contributed by atoms with Gasteiger partial charge >= 0.3 is 6.03 Å². The van der Waals surface area contributed by atoms with E-state index in [1.807, 2.05) is 13.8 Å². The van der Waals surface area contributed by atoms with Gasteiger partial charge in [0.1, 0.15) is 5.76 Å². The van der Waals surface area contributed by atoms with Gasteiger partial charge in [0.2, 0.25) is 0 Å². The van der Waals surface area contributed by atoms with Crippen LogP contribution in [-0.2, 0) is 6.54 Å². The van der Waals surface area contributed by atoms with Crippen LogP contribution in [0.2, 0.25) is 0 Å². The Bertz CT molecular complexity index is 482. The third kappa shape index (κ3) is 2.66. The Hall–Kier alpha value is -2.24. The smallest absolute Gasteiger partial charge is 0.319 e. The Morgan fingerprint density at radius 3 is 2.94 bits per heavy atom. The first kappa shape index (κ1) is 11.3. The number of rotatable bonds is 3. The van der Waals surface area contributed by atoms with Gasteiger partial charge in [-0.3, -0.25) is 5.10 Å². The van der Waals surface area contributed by atoms with Crippen LogP contribution >= 0.6 is 0 Å². The largest absolute Gasteiger partial charge is 0.467 e. The number of aromatic amines is 1. The predicted molar refractivity (Wildman–Crippen MR) is 62.6 cm³/mol. The molecule has 3 N–H and O–H groups in total. The van der Waals surface area contributed by atoms with Gasteiger partial charge in [0, 0.05) is 0 Å². The Morgan fingerprint density at radius 1 is 1.53 bits per heavy atom. The molecule has 17 heavy (non-hydrogen) atoms. The summed E-state index contributed by atoms with van der Waals surface area (Å²) in [6, 6.07) is 3.29. The minimum absolute atomic E-state index is 0.283. The standard InChI is InChI=1S/C11H14N4O2/c1-7-10(8(2)15-14-7)13-11(16)12-6-9-4-3-5-17-9/h3-5H,6H2,1-2H3,(H,14,15)(H2,12,13,16). The summed E-state index contributed by atoms with van der Waals surface area (Å²) >= 11 is 0. The zero-order valence-electron chi connectivity index (χ0n) is 9.70. The van der Waals surface area contributed by atoms with Gasteiger partial charge in [-0.1, -0.05) is 0 Å². The predicted octanol–water partition coefficient (Wildman–Crippen LogP) is 1.94. The zero-order chi connectivity index (χ0) is 12.3. The Kier molecular flexibility index (Phi) is 3.13. The van der Waals surface area contributed by atoms with Gasteiger partial charge < -0.3 is 15.1 Å². The summed E-state index contributed by atoms with van der Waals surface area (Å²) in [7, 11) is 0. The Morgan fingerprint density at radius 2 is 2.35 bits per heavy atom. The van der Waals surface area contributed by atoms with E-state index in [1.165, 1.54) is 0 Å². The molecule has 0 spiro atoms. The molecule has 2 aromatic rings. The summed E-state index contributed by atoms with van der Waals surface area (Å²) in [6.07, 6.45) is 1.57. The van der Waals surface area contributed by atoms with E-state index in [0.29, 0.717) is 18.0 Å². The fraction of sp³-hybridized carbons (Fsp3) is 0.273. The van der Waals surface area contributed by atoms with Crippen LogP contribution in [0.25, 0.3) is 0 Å². The highest BCUT2D eigenvalue weighted by molar-refractivity contribution is 5.90. The number of carbonyl (C=O) groups is 1. The maximum absolute atomic E-state index is 11.6. The number of aromatic nitrogens is 2. The molecule has 6 heteroatoms. The topological polar surface area (TPSA) is 83.0 Å². The Balaban J connectivity index is 1.89. The number of carbonyl (C=O) groups excluding carboxylic acids is 1. The average molecular weight is 234 g/mol. The van der Waals surface area contributed by atoms with Crippen molar-refractivity contribution in [3.8, 4) is 0 Å². The van der Waals surface area contributed by atoms with E-state index in [2.05, 4.69) is 20.8 Å². The first-order valence-electron chi connectivity index (χ1n) is 5.25. The second kappa shape index (κ2) is 4.73. The molecule has 0 saturated carbocycles. The number of hydrogen-bond donors (Lipinski definition) is 3. The second-order valence-electron chi connectivity index (χ2n) is 3.70. The number of nitrogens with one attached hydrogen (secondary N) is 3. The molecule has 6 nitrogen and oxygen atoms in total. The molecule has 0 aliphatic heterocycles. The molecule has 90 valence electrons. The van der Waals surface area contributed by atoms with Crippen LogP contribution in [0.1, 0.15) is 17.1 Å². The number of furan rings is 1. The lowest BCUT2D eigenvalue weighted by Crippen LogP contribution is -2.28. The fourth-order valence-electron chi connectivity index (χ4n) is 1.47. The molecule has 0 saturated heterocycles. The van der Waals surface area contributed by atoms with E-state index >= 15 is 0 Å². The van der Waals surface area contributed by atoms with Crippen LogP contribution in [-0.4, -0.2) is 16.2 Å². The van der Waals surface area contributed by atoms with E-state index in [4.69, 9.17) is 4.42 Å². The van der Waals surface area contributed by atoms with E-state index < -0.39 is 0 Å². The first-order chi connectivity index (χ1) is 8.16. The minimum Gasteiger partial charge on any atom is -0.467 e. The molecule has 2 aromatic heterocycles. The number of nitrogens with zero attached hydrogens (tertiary/aromatic N) is 1. The molecule has 0 radical (unpaired) electrons. The van der Waals surface area contributed by atoms with Crippen LogP contribution in [0, 0.1) is 13.8 Å². The molecule has 0 fully saturated rings. The molecule has 2 amide bonds. The first-order valence-corrected chi connectivity index (χ1v) is 5.25. The zero-order valence-corrected chi connectivity index (χ0v) is 9.70. The van der Waals surface area contributed by atoms with Crippen molar-refractivity contribution >= 4 is 11.7 Å². The van der Waals surface area contributed by atoms with Crippen molar-refractivity contribution in [1.82, 2.24) is 15.5 Å². The van der Waals surface area contributed by atoms with E-state index in [0.717, 1.165) is 11.4 Å². The fourth-order valence-corrected chi connectivity index (χ4v) is 1.47. The van der Waals surface area contributed by atoms with E-state index in [1.54, 1.807) is 18.4 Å². The molecule has 2 heterocycles. The normalized spacial score (nSPS) is 10.2. The molecule has 0 unspecified atom stereocenters. The van der Waals surface area contributed by atoms with Gasteiger partial charge in [-0.05, 0) is 26.0 Å². The molecular weight excluding hydrogens is 220 g/mol. The van der Waals surface area contributed by atoms with E-state index in [9.17, 15) is 4.79 Å². The highest BCUT2D eigenvalue weighted by Crippen LogP contribution is 2.15. The van der Waals surface area contributed by atoms with E-state index in [-0.39, 0.29) is 6.03 Å². The van der Waals surface area contributed by atoms with Crippen molar-refractivity contribution in [2.75, 3.05) is 5.32 Å². The SMILES string of the molecule is Cc1n[nH]c(C)c1NC(=O)NCc1ccco1. The highest BCUT2D eigenvalue weighted by Gasteiger charge is 2.09. The number of H-pyrrole nitrogens is 1. The summed E-state index contributed by atoms with van der Waals surface area (Å²) in [6.45, 7) is 4.03. The number of aryl methyl sites for hydroxylation is 2. The van der Waals surface area contributed by atoms with Crippen LogP contribution in [0.5, 0.6) is 0 Å². The van der Waals surface area contributed by atoms with Crippen molar-refractivity contribution in [1.29, 1.82) is 0 Å². The number of amides is 2. The maximum atomic E-state index is 11.6. The van der Waals surface area contributed by atoms with Gasteiger partial charge in [-0.2, -0.15) is 5.10 Å². The minimum atomic E-state index is -0.283. The molecule has 0 atom stereocenters. The lowest BCUT2D eigenvalue weighted by molar-refractivity contribution is 0.251. The lowest BCUT2D eigenvalue weighted by Gasteiger charge is -2.06. The monoisotopic (exact) mass is 234 g/mol. The third-order valence-corrected chi connectivity index (χ3v) is 2.37. The average Bonchev–Trinajstić information content (AvgIpc) is 2.91. The molecule has 0 bridgehead atoms. The van der Waals surface area contributed by atoms with Crippen LogP contribution < -0.4 is 10.6 Å².